The second kappa shape index (κ2) is 9.48. The fourth-order valence-electron chi connectivity index (χ4n) is 2.21. The van der Waals surface area contributed by atoms with Crippen LogP contribution in [0.3, 0.4) is 0 Å². The molecule has 0 aromatic heterocycles. The first-order chi connectivity index (χ1) is 12.9. The van der Waals surface area contributed by atoms with E-state index in [2.05, 4.69) is 22.1 Å². The van der Waals surface area contributed by atoms with Crippen LogP contribution >= 0.6 is 0 Å². The zero-order valence-corrected chi connectivity index (χ0v) is 15.5. The van der Waals surface area contributed by atoms with Crippen molar-refractivity contribution in [3.8, 4) is 17.9 Å². The van der Waals surface area contributed by atoms with E-state index in [0.717, 1.165) is 11.3 Å². The Morgan fingerprint density at radius 1 is 1.04 bits per heavy atom. The maximum absolute atomic E-state index is 10.7. The molecule has 27 heavy (non-hydrogen) atoms. The van der Waals surface area contributed by atoms with Crippen molar-refractivity contribution in [2.75, 3.05) is 24.2 Å². The first kappa shape index (κ1) is 20.1. The van der Waals surface area contributed by atoms with E-state index in [0.29, 0.717) is 24.3 Å². The smallest absolute Gasteiger partial charge is 0.264 e. The van der Waals surface area contributed by atoms with E-state index in [1.165, 1.54) is 0 Å². The van der Waals surface area contributed by atoms with Gasteiger partial charge < -0.3 is 4.90 Å². The van der Waals surface area contributed by atoms with Crippen molar-refractivity contribution in [2.24, 2.45) is 10.2 Å². The Bertz CT molecular complexity index is 996. The van der Waals surface area contributed by atoms with Crippen LogP contribution < -0.4 is 4.90 Å². The molecule has 7 nitrogen and oxygen atoms in total. The van der Waals surface area contributed by atoms with Crippen molar-refractivity contribution >= 4 is 27.2 Å². The Hall–Kier alpha value is -3.20. The Kier molecular flexibility index (Phi) is 7.07. The molecule has 0 aliphatic heterocycles. The molecule has 2 aromatic carbocycles. The molecule has 8 heteroatoms. The van der Waals surface area contributed by atoms with Gasteiger partial charge in [-0.25, -0.2) is 0 Å². The van der Waals surface area contributed by atoms with E-state index in [-0.39, 0.29) is 5.75 Å². The number of azo groups is 1. The lowest BCUT2D eigenvalue weighted by Gasteiger charge is -2.18. The van der Waals surface area contributed by atoms with Crippen molar-refractivity contribution in [1.82, 2.24) is 0 Å². The molecule has 138 valence electrons. The SMILES string of the molecule is CN(CCCS(=O)(=O)O)c1ccc(/N=N/c2ccc(C#CC#N)cc2)cc1. The monoisotopic (exact) mass is 382 g/mol. The minimum absolute atomic E-state index is 0.259. The summed E-state index contributed by atoms with van der Waals surface area (Å²) >= 11 is 0. The van der Waals surface area contributed by atoms with E-state index >= 15 is 0 Å². The summed E-state index contributed by atoms with van der Waals surface area (Å²) in [6, 6.07) is 16.2. The van der Waals surface area contributed by atoms with Crippen molar-refractivity contribution in [2.45, 2.75) is 6.42 Å². The predicted octanol–water partition coefficient (Wildman–Crippen LogP) is 3.69. The number of benzene rings is 2. The molecule has 0 saturated heterocycles. The molecule has 2 rings (SSSR count). The third-order valence-electron chi connectivity index (χ3n) is 3.60. The number of nitrogens with zero attached hydrogens (tertiary/aromatic N) is 4. The number of hydrogen-bond donors (Lipinski definition) is 1. The molecule has 0 fully saturated rings. The number of anilines is 1. The van der Waals surface area contributed by atoms with Gasteiger partial charge in [-0.1, -0.05) is 5.92 Å². The Morgan fingerprint density at radius 2 is 1.59 bits per heavy atom. The van der Waals surface area contributed by atoms with Gasteiger partial charge in [0, 0.05) is 30.8 Å². The standard InChI is InChI=1S/C19H18N4O3S/c1-23(14-3-15-27(24,25)26)19-11-9-18(10-12-19)22-21-17-7-5-16(6-8-17)4-2-13-20/h5-12H,3,14-15H2,1H3,(H,24,25,26)/b22-21+. The fraction of sp³-hybridized carbons (Fsp3) is 0.211. The summed E-state index contributed by atoms with van der Waals surface area (Å²) in [4.78, 5) is 1.90. The highest BCUT2D eigenvalue weighted by Gasteiger charge is 2.06. The number of rotatable bonds is 7. The topological polar surface area (TPSA) is 106 Å². The lowest BCUT2D eigenvalue weighted by molar-refractivity contribution is 0.481. The van der Waals surface area contributed by atoms with Crippen LogP contribution in [0.1, 0.15) is 12.0 Å². The van der Waals surface area contributed by atoms with Gasteiger partial charge in [-0.15, -0.1) is 0 Å². The van der Waals surface area contributed by atoms with Gasteiger partial charge >= 0.3 is 0 Å². The molecule has 0 aliphatic rings. The molecule has 0 saturated carbocycles. The van der Waals surface area contributed by atoms with Crippen LogP contribution in [0.2, 0.25) is 0 Å². The molecular formula is C19H18N4O3S. The number of hydrogen-bond acceptors (Lipinski definition) is 6. The summed E-state index contributed by atoms with van der Waals surface area (Å²) in [6.45, 7) is 0.502. The summed E-state index contributed by atoms with van der Waals surface area (Å²) < 4.78 is 30.2. The van der Waals surface area contributed by atoms with Crippen LogP contribution in [0, 0.1) is 23.2 Å². The average Bonchev–Trinajstić information content (AvgIpc) is 2.65. The minimum Gasteiger partial charge on any atom is -0.375 e. The molecule has 0 amide bonds. The summed E-state index contributed by atoms with van der Waals surface area (Å²) in [7, 11) is -2.08. The van der Waals surface area contributed by atoms with E-state index in [9.17, 15) is 8.42 Å². The second-order valence-electron chi connectivity index (χ2n) is 5.69. The van der Waals surface area contributed by atoms with Crippen LogP contribution in [0.5, 0.6) is 0 Å². The average molecular weight is 382 g/mol. The van der Waals surface area contributed by atoms with Gasteiger partial charge in [-0.3, -0.25) is 4.55 Å². The summed E-state index contributed by atoms with van der Waals surface area (Å²) in [5.74, 6) is 4.77. The van der Waals surface area contributed by atoms with E-state index in [1.54, 1.807) is 30.3 Å². The van der Waals surface area contributed by atoms with E-state index in [1.807, 2.05) is 36.2 Å². The van der Waals surface area contributed by atoms with Gasteiger partial charge in [-0.2, -0.15) is 23.9 Å². The van der Waals surface area contributed by atoms with Crippen molar-refractivity contribution < 1.29 is 13.0 Å². The summed E-state index contributed by atoms with van der Waals surface area (Å²) in [5, 5.41) is 16.7. The molecule has 2 aromatic rings. The zero-order chi connectivity index (χ0) is 19.7. The van der Waals surface area contributed by atoms with E-state index < -0.39 is 10.1 Å². The largest absolute Gasteiger partial charge is 0.375 e. The first-order valence-corrected chi connectivity index (χ1v) is 9.66. The third kappa shape index (κ3) is 7.28. The van der Waals surface area contributed by atoms with Crippen molar-refractivity contribution in [1.29, 1.82) is 5.26 Å². The second-order valence-corrected chi connectivity index (χ2v) is 7.26. The molecular weight excluding hydrogens is 364 g/mol. The van der Waals surface area contributed by atoms with Gasteiger partial charge in [0.25, 0.3) is 10.1 Å². The van der Waals surface area contributed by atoms with Crippen molar-refractivity contribution in [3.05, 3.63) is 54.1 Å². The zero-order valence-electron chi connectivity index (χ0n) is 14.7. The normalized spacial score (nSPS) is 10.9. The van der Waals surface area contributed by atoms with Crippen LogP contribution in [-0.2, 0) is 10.1 Å². The van der Waals surface area contributed by atoms with Gasteiger partial charge in [-0.05, 0) is 55.0 Å². The van der Waals surface area contributed by atoms with Crippen LogP contribution in [0.25, 0.3) is 0 Å². The lowest BCUT2D eigenvalue weighted by Crippen LogP contribution is -2.20. The number of nitriles is 1. The van der Waals surface area contributed by atoms with Crippen LogP contribution in [0.4, 0.5) is 17.1 Å². The molecule has 0 heterocycles. The first-order valence-electron chi connectivity index (χ1n) is 8.06. The molecule has 0 bridgehead atoms. The summed E-state index contributed by atoms with van der Waals surface area (Å²) in [6.07, 6.45) is 0.339. The Labute approximate surface area is 158 Å². The molecule has 1 N–H and O–H groups in total. The molecule has 0 spiro atoms. The third-order valence-corrected chi connectivity index (χ3v) is 4.40. The maximum Gasteiger partial charge on any atom is 0.264 e. The van der Waals surface area contributed by atoms with Gasteiger partial charge in [0.15, 0.2) is 6.07 Å². The Balaban J connectivity index is 1.94. The quantitative estimate of drug-likeness (QED) is 0.446. The molecule has 0 atom stereocenters. The maximum atomic E-state index is 10.7. The lowest BCUT2D eigenvalue weighted by atomic mass is 10.2. The highest BCUT2D eigenvalue weighted by atomic mass is 32.2. The highest BCUT2D eigenvalue weighted by molar-refractivity contribution is 7.85. The van der Waals surface area contributed by atoms with Crippen LogP contribution in [0.15, 0.2) is 58.8 Å². The van der Waals surface area contributed by atoms with E-state index in [4.69, 9.17) is 9.81 Å². The summed E-state index contributed by atoms with van der Waals surface area (Å²) in [5.41, 5.74) is 2.99. The van der Waals surface area contributed by atoms with Gasteiger partial charge in [0.1, 0.15) is 0 Å². The Morgan fingerprint density at radius 3 is 2.11 bits per heavy atom. The highest BCUT2D eigenvalue weighted by Crippen LogP contribution is 2.22. The van der Waals surface area contributed by atoms with Crippen molar-refractivity contribution in [3.63, 3.8) is 0 Å². The minimum atomic E-state index is -3.93. The predicted molar refractivity (Wildman–Crippen MR) is 104 cm³/mol. The van der Waals surface area contributed by atoms with Crippen LogP contribution in [-0.4, -0.2) is 32.3 Å². The van der Waals surface area contributed by atoms with Gasteiger partial charge in [0.05, 0.1) is 17.1 Å². The fourth-order valence-corrected chi connectivity index (χ4v) is 2.71. The van der Waals surface area contributed by atoms with Gasteiger partial charge in [0.2, 0.25) is 0 Å². The molecule has 0 radical (unpaired) electrons. The molecule has 0 unspecified atom stereocenters. The molecule has 0 aliphatic carbocycles.